The van der Waals surface area contributed by atoms with Gasteiger partial charge in [0, 0.05) is 38.6 Å². The summed E-state index contributed by atoms with van der Waals surface area (Å²) < 4.78 is 2.32. The fourth-order valence-corrected chi connectivity index (χ4v) is 6.37. The van der Waals surface area contributed by atoms with Gasteiger partial charge in [0.1, 0.15) is 11.5 Å². The second-order valence-electron chi connectivity index (χ2n) is 10.2. The molecule has 0 saturated carbocycles. The van der Waals surface area contributed by atoms with Gasteiger partial charge in [-0.25, -0.2) is 4.98 Å². The first-order chi connectivity index (χ1) is 16.3. The third-order valence-electron chi connectivity index (χ3n) is 8.02. The zero-order valence-electron chi connectivity index (χ0n) is 19.9. The first-order valence-electron chi connectivity index (χ1n) is 12.8. The number of fused-ring (bicyclic) bond motifs is 4. The van der Waals surface area contributed by atoms with Crippen LogP contribution in [0.5, 0.6) is 0 Å². The monoisotopic (exact) mass is 444 g/mol. The Kier molecular flexibility index (Phi) is 5.80. The smallest absolute Gasteiger partial charge is 0.138 e. The number of imidazole rings is 1. The molecule has 2 fully saturated rings. The van der Waals surface area contributed by atoms with Crippen LogP contribution in [0.1, 0.15) is 55.1 Å². The van der Waals surface area contributed by atoms with Gasteiger partial charge in [-0.15, -0.1) is 0 Å². The number of hydrogen-bond acceptors (Lipinski definition) is 5. The van der Waals surface area contributed by atoms with Crippen molar-refractivity contribution < 1.29 is 0 Å². The van der Waals surface area contributed by atoms with Gasteiger partial charge in [-0.05, 0) is 88.3 Å². The molecule has 33 heavy (non-hydrogen) atoms. The molecular formula is C27H36N6. The lowest BCUT2D eigenvalue weighted by molar-refractivity contribution is 0.0780. The summed E-state index contributed by atoms with van der Waals surface area (Å²) in [6.45, 7) is 6.50. The molecule has 0 unspecified atom stereocenters. The predicted molar refractivity (Wildman–Crippen MR) is 133 cm³/mol. The molecule has 0 amide bonds. The Bertz CT molecular complexity index is 1110. The summed E-state index contributed by atoms with van der Waals surface area (Å²) in [4.78, 5) is 17.6. The zero-order chi connectivity index (χ0) is 22.2. The highest BCUT2D eigenvalue weighted by atomic mass is 15.3. The first-order valence-corrected chi connectivity index (χ1v) is 12.8. The van der Waals surface area contributed by atoms with Crippen molar-refractivity contribution in [1.29, 1.82) is 0 Å². The lowest BCUT2D eigenvalue weighted by Gasteiger charge is -2.40. The molecule has 0 aromatic carbocycles. The fourth-order valence-electron chi connectivity index (χ4n) is 6.37. The van der Waals surface area contributed by atoms with E-state index in [1.54, 1.807) is 0 Å². The number of hydrogen-bond donors (Lipinski definition) is 0. The molecule has 0 bridgehead atoms. The average molecular weight is 445 g/mol. The lowest BCUT2D eigenvalue weighted by Crippen LogP contribution is -2.38. The van der Waals surface area contributed by atoms with Crippen molar-refractivity contribution in [3.63, 3.8) is 0 Å². The Morgan fingerprint density at radius 1 is 0.939 bits per heavy atom. The largest absolute Gasteiger partial charge is 0.356 e. The van der Waals surface area contributed by atoms with Crippen LogP contribution in [-0.4, -0.2) is 63.9 Å². The van der Waals surface area contributed by atoms with E-state index < -0.39 is 0 Å². The van der Waals surface area contributed by atoms with E-state index >= 15 is 0 Å². The minimum Gasteiger partial charge on any atom is -0.356 e. The summed E-state index contributed by atoms with van der Waals surface area (Å²) in [5.74, 6) is 2.00. The SMILES string of the molecule is CN1CCCN(c2cccc3nc(CN4CCC[C@@H]5CCCc6cccnc6[C@H]54)cn23)CC1. The minimum atomic E-state index is 0.433. The average Bonchev–Trinajstić information content (AvgIpc) is 2.98. The summed E-state index contributed by atoms with van der Waals surface area (Å²) in [5, 5.41) is 0. The molecular weight excluding hydrogens is 408 g/mol. The number of likely N-dealkylation sites (tertiary alicyclic amines) is 1. The van der Waals surface area contributed by atoms with Crippen LogP contribution in [0.25, 0.3) is 5.65 Å². The van der Waals surface area contributed by atoms with Gasteiger partial charge in [0.25, 0.3) is 0 Å². The van der Waals surface area contributed by atoms with E-state index in [0.29, 0.717) is 6.04 Å². The highest BCUT2D eigenvalue weighted by molar-refractivity contribution is 5.52. The molecule has 3 aromatic rings. The number of anilines is 1. The van der Waals surface area contributed by atoms with Crippen molar-refractivity contribution in [2.45, 2.75) is 51.1 Å². The van der Waals surface area contributed by atoms with Crippen LogP contribution in [-0.2, 0) is 13.0 Å². The standard InChI is InChI=1S/C27H36N6/c1-30-14-6-16-31(18-17-30)25-12-3-11-24-29-23(20-33(24)25)19-32-15-5-10-22-8-2-7-21-9-4-13-28-26(21)27(22)32/h3-4,9,11-13,20,22,27H,2,5-8,10,14-19H2,1H3/t22-,27-/m0/s1. The Morgan fingerprint density at radius 3 is 2.85 bits per heavy atom. The quantitative estimate of drug-likeness (QED) is 0.607. The van der Waals surface area contributed by atoms with E-state index in [9.17, 15) is 0 Å². The van der Waals surface area contributed by atoms with Gasteiger partial charge in [-0.3, -0.25) is 14.3 Å². The third-order valence-corrected chi connectivity index (χ3v) is 8.02. The molecule has 5 heterocycles. The molecule has 2 saturated heterocycles. The molecule has 2 atom stereocenters. The lowest BCUT2D eigenvalue weighted by atomic mass is 9.85. The maximum absolute atomic E-state index is 5.08. The van der Waals surface area contributed by atoms with Crippen LogP contribution in [0.15, 0.2) is 42.7 Å². The molecule has 174 valence electrons. The van der Waals surface area contributed by atoms with Crippen LogP contribution in [0.3, 0.4) is 0 Å². The molecule has 0 radical (unpaired) electrons. The molecule has 3 aromatic heterocycles. The van der Waals surface area contributed by atoms with Crippen molar-refractivity contribution in [1.82, 2.24) is 24.2 Å². The van der Waals surface area contributed by atoms with Gasteiger partial charge in [-0.2, -0.15) is 0 Å². The molecule has 2 aliphatic heterocycles. The van der Waals surface area contributed by atoms with E-state index in [-0.39, 0.29) is 0 Å². The number of aryl methyl sites for hydroxylation is 1. The second-order valence-corrected chi connectivity index (χ2v) is 10.2. The molecule has 0 spiro atoms. The van der Waals surface area contributed by atoms with Crippen LogP contribution in [0, 0.1) is 5.92 Å². The fraction of sp³-hybridized carbons (Fsp3) is 0.556. The van der Waals surface area contributed by atoms with Crippen molar-refractivity contribution in [3.05, 3.63) is 59.7 Å². The maximum Gasteiger partial charge on any atom is 0.138 e. The van der Waals surface area contributed by atoms with E-state index in [1.165, 1.54) is 67.8 Å². The molecule has 0 N–H and O–H groups in total. The van der Waals surface area contributed by atoms with Gasteiger partial charge in [0.2, 0.25) is 0 Å². The minimum absolute atomic E-state index is 0.433. The van der Waals surface area contributed by atoms with Crippen LogP contribution in [0.2, 0.25) is 0 Å². The molecule has 6 nitrogen and oxygen atoms in total. The maximum atomic E-state index is 5.08. The first kappa shape index (κ1) is 21.1. The highest BCUT2D eigenvalue weighted by Gasteiger charge is 2.36. The van der Waals surface area contributed by atoms with Gasteiger partial charge in [0.05, 0.1) is 17.4 Å². The normalized spacial score (nSPS) is 24.8. The number of likely N-dealkylation sites (N-methyl/N-ethyl adjacent to an activating group) is 1. The van der Waals surface area contributed by atoms with E-state index in [1.807, 2.05) is 6.20 Å². The van der Waals surface area contributed by atoms with E-state index in [4.69, 9.17) is 9.97 Å². The third kappa shape index (κ3) is 4.15. The highest BCUT2D eigenvalue weighted by Crippen LogP contribution is 2.42. The molecule has 6 heteroatoms. The predicted octanol–water partition coefficient (Wildman–Crippen LogP) is 4.16. The Morgan fingerprint density at radius 2 is 1.88 bits per heavy atom. The second kappa shape index (κ2) is 9.07. The van der Waals surface area contributed by atoms with E-state index in [0.717, 1.165) is 44.3 Å². The van der Waals surface area contributed by atoms with Gasteiger partial charge in [-0.1, -0.05) is 12.1 Å². The number of pyridine rings is 2. The molecule has 3 aliphatic rings. The van der Waals surface area contributed by atoms with Crippen LogP contribution >= 0.6 is 0 Å². The zero-order valence-corrected chi connectivity index (χ0v) is 19.9. The van der Waals surface area contributed by atoms with Crippen molar-refractivity contribution >= 4 is 11.5 Å². The van der Waals surface area contributed by atoms with E-state index in [2.05, 4.69) is 62.7 Å². The summed E-state index contributed by atoms with van der Waals surface area (Å²) >= 11 is 0. The van der Waals surface area contributed by atoms with Crippen LogP contribution in [0.4, 0.5) is 5.82 Å². The summed E-state index contributed by atoms with van der Waals surface area (Å²) in [6, 6.07) is 11.4. The number of aromatic nitrogens is 3. The molecule has 6 rings (SSSR count). The Labute approximate surface area is 197 Å². The Hall–Kier alpha value is -2.44. The topological polar surface area (TPSA) is 39.9 Å². The molecule has 1 aliphatic carbocycles. The van der Waals surface area contributed by atoms with Crippen molar-refractivity contribution in [3.8, 4) is 0 Å². The van der Waals surface area contributed by atoms with Gasteiger partial charge in [0.15, 0.2) is 0 Å². The summed E-state index contributed by atoms with van der Waals surface area (Å²) in [7, 11) is 2.23. The van der Waals surface area contributed by atoms with Crippen molar-refractivity contribution in [2.24, 2.45) is 5.92 Å². The van der Waals surface area contributed by atoms with Gasteiger partial charge >= 0.3 is 0 Å². The van der Waals surface area contributed by atoms with Gasteiger partial charge < -0.3 is 9.80 Å². The number of nitrogens with zero attached hydrogens (tertiary/aromatic N) is 6. The van der Waals surface area contributed by atoms with Crippen LogP contribution < -0.4 is 4.90 Å². The van der Waals surface area contributed by atoms with Crippen molar-refractivity contribution in [2.75, 3.05) is 44.7 Å². The number of rotatable bonds is 3. The summed E-state index contributed by atoms with van der Waals surface area (Å²) in [5.41, 5.74) is 5.03. The summed E-state index contributed by atoms with van der Waals surface area (Å²) in [6.07, 6.45) is 11.9. The Balaban J connectivity index is 1.30. The number of piperidine rings is 1.